The zero-order valence-electron chi connectivity index (χ0n) is 18.3. The fourth-order valence-electron chi connectivity index (χ4n) is 3.96. The van der Waals surface area contributed by atoms with Gasteiger partial charge in [0, 0.05) is 25.2 Å². The molecule has 7 nitrogen and oxygen atoms in total. The number of amides is 2. The molecule has 0 fully saturated rings. The predicted molar refractivity (Wildman–Crippen MR) is 130 cm³/mol. The minimum atomic E-state index is -3.80. The third-order valence-electron chi connectivity index (χ3n) is 5.83. The van der Waals surface area contributed by atoms with E-state index in [-0.39, 0.29) is 28.6 Å². The van der Waals surface area contributed by atoms with E-state index in [2.05, 4.69) is 5.32 Å². The number of fused-ring (bicyclic) bond motifs is 1. The first kappa shape index (κ1) is 23.9. The van der Waals surface area contributed by atoms with Gasteiger partial charge in [0.05, 0.1) is 15.5 Å². The van der Waals surface area contributed by atoms with Crippen molar-refractivity contribution in [2.45, 2.75) is 24.3 Å². The van der Waals surface area contributed by atoms with Crippen LogP contribution in [0.25, 0.3) is 0 Å². The van der Waals surface area contributed by atoms with Crippen LogP contribution in [-0.2, 0) is 29.4 Å². The summed E-state index contributed by atoms with van der Waals surface area (Å²) in [5.74, 6) is -0.995. The number of halogens is 1. The largest absolute Gasteiger partial charge is 0.366 e. The molecule has 0 radical (unpaired) electrons. The highest BCUT2D eigenvalue weighted by molar-refractivity contribution is 7.89. The van der Waals surface area contributed by atoms with E-state index in [0.717, 1.165) is 16.7 Å². The Morgan fingerprint density at radius 3 is 2.53 bits per heavy atom. The molecule has 3 N–H and O–H groups in total. The van der Waals surface area contributed by atoms with E-state index in [0.29, 0.717) is 24.9 Å². The maximum atomic E-state index is 13.3. The van der Waals surface area contributed by atoms with Crippen LogP contribution in [-0.4, -0.2) is 37.6 Å². The van der Waals surface area contributed by atoms with Crippen molar-refractivity contribution in [2.24, 2.45) is 5.73 Å². The number of hydrogen-bond donors (Lipinski definition) is 2. The van der Waals surface area contributed by atoms with E-state index in [1.807, 2.05) is 30.3 Å². The second-order valence-electron chi connectivity index (χ2n) is 8.07. The average Bonchev–Trinajstić information content (AvgIpc) is 2.84. The fourth-order valence-corrected chi connectivity index (χ4v) is 5.61. The van der Waals surface area contributed by atoms with Gasteiger partial charge in [-0.05, 0) is 59.9 Å². The minimum absolute atomic E-state index is 0.0237. The van der Waals surface area contributed by atoms with Crippen LogP contribution in [0.5, 0.6) is 0 Å². The third-order valence-corrected chi connectivity index (χ3v) is 8.00. The van der Waals surface area contributed by atoms with Crippen molar-refractivity contribution in [3.8, 4) is 0 Å². The first-order valence-corrected chi connectivity index (χ1v) is 12.6. The number of sulfonamides is 1. The Labute approximate surface area is 203 Å². The summed E-state index contributed by atoms with van der Waals surface area (Å²) in [5.41, 5.74) is 8.74. The van der Waals surface area contributed by atoms with Gasteiger partial charge in [0.1, 0.15) is 0 Å². The molecule has 0 atom stereocenters. The molecule has 1 aliphatic heterocycles. The highest BCUT2D eigenvalue weighted by Gasteiger charge is 2.29. The smallest absolute Gasteiger partial charge is 0.252 e. The van der Waals surface area contributed by atoms with Crippen LogP contribution in [0.4, 0.5) is 0 Å². The Morgan fingerprint density at radius 1 is 1.00 bits per heavy atom. The molecule has 0 bridgehead atoms. The van der Waals surface area contributed by atoms with Crippen LogP contribution in [0, 0.1) is 0 Å². The molecule has 0 spiro atoms. The molecule has 1 aliphatic rings. The van der Waals surface area contributed by atoms with E-state index in [1.54, 1.807) is 18.2 Å². The summed E-state index contributed by atoms with van der Waals surface area (Å²) in [6.07, 6.45) is 1.10. The number of carbonyl (C=O) groups is 2. The van der Waals surface area contributed by atoms with Crippen molar-refractivity contribution >= 4 is 33.4 Å². The summed E-state index contributed by atoms with van der Waals surface area (Å²) >= 11 is 6.22. The van der Waals surface area contributed by atoms with Crippen LogP contribution in [0.15, 0.2) is 71.6 Å². The zero-order chi connectivity index (χ0) is 24.3. The fraction of sp³-hybridized carbons (Fsp3) is 0.200. The van der Waals surface area contributed by atoms with Gasteiger partial charge in [-0.25, -0.2) is 8.42 Å². The quantitative estimate of drug-likeness (QED) is 0.522. The number of benzene rings is 3. The number of rotatable bonds is 7. The Balaban J connectivity index is 1.46. The standard InChI is InChI=1S/C25H24ClN3O4S/c26-23-9-8-21(34(32,33)29-13-11-18-5-1-2-6-20(18)16-29)15-22(23)25(31)28-12-10-17-4-3-7-19(14-17)24(27)30/h1-9,14-15H,10-13,16H2,(H2,27,30)(H,28,31). The Hall–Kier alpha value is -3.20. The maximum absolute atomic E-state index is 13.3. The molecule has 4 rings (SSSR count). The number of carbonyl (C=O) groups excluding carboxylic acids is 2. The third kappa shape index (κ3) is 5.14. The molecule has 1 heterocycles. The van der Waals surface area contributed by atoms with E-state index in [1.165, 1.54) is 22.5 Å². The van der Waals surface area contributed by atoms with Gasteiger partial charge >= 0.3 is 0 Å². The van der Waals surface area contributed by atoms with E-state index < -0.39 is 21.8 Å². The molecule has 0 unspecified atom stereocenters. The number of nitrogens with one attached hydrogen (secondary N) is 1. The van der Waals surface area contributed by atoms with E-state index in [4.69, 9.17) is 17.3 Å². The maximum Gasteiger partial charge on any atom is 0.252 e. The molecular weight excluding hydrogens is 474 g/mol. The SMILES string of the molecule is NC(=O)c1cccc(CCNC(=O)c2cc(S(=O)(=O)N3CCc4ccccc4C3)ccc2Cl)c1. The van der Waals surface area contributed by atoms with Gasteiger partial charge in [0.25, 0.3) is 5.91 Å². The molecule has 0 saturated carbocycles. The summed E-state index contributed by atoms with van der Waals surface area (Å²) in [5, 5.41) is 2.92. The van der Waals surface area contributed by atoms with Gasteiger partial charge in [-0.3, -0.25) is 9.59 Å². The molecule has 34 heavy (non-hydrogen) atoms. The molecule has 0 aliphatic carbocycles. The lowest BCUT2D eigenvalue weighted by Crippen LogP contribution is -2.36. The molecule has 9 heteroatoms. The van der Waals surface area contributed by atoms with Gasteiger partial charge in [-0.2, -0.15) is 4.31 Å². The van der Waals surface area contributed by atoms with Crippen LogP contribution in [0.2, 0.25) is 5.02 Å². The number of nitrogens with two attached hydrogens (primary N) is 1. The van der Waals surface area contributed by atoms with Gasteiger partial charge in [-0.15, -0.1) is 0 Å². The van der Waals surface area contributed by atoms with Crippen molar-refractivity contribution in [2.75, 3.05) is 13.1 Å². The molecule has 0 saturated heterocycles. The lowest BCUT2D eigenvalue weighted by molar-refractivity contribution is 0.0952. The first-order chi connectivity index (χ1) is 16.3. The van der Waals surface area contributed by atoms with Gasteiger partial charge < -0.3 is 11.1 Å². The number of nitrogens with zero attached hydrogens (tertiary/aromatic N) is 1. The second kappa shape index (κ2) is 9.97. The lowest BCUT2D eigenvalue weighted by atomic mass is 10.0. The highest BCUT2D eigenvalue weighted by Crippen LogP contribution is 2.27. The number of primary amides is 1. The van der Waals surface area contributed by atoms with E-state index >= 15 is 0 Å². The van der Waals surface area contributed by atoms with Crippen molar-refractivity contribution < 1.29 is 18.0 Å². The average molecular weight is 498 g/mol. The number of hydrogen-bond acceptors (Lipinski definition) is 4. The van der Waals surface area contributed by atoms with Crippen LogP contribution < -0.4 is 11.1 Å². The van der Waals surface area contributed by atoms with E-state index in [9.17, 15) is 18.0 Å². The summed E-state index contributed by atoms with van der Waals surface area (Å²) in [6.45, 7) is 0.929. The van der Waals surface area contributed by atoms with Crippen LogP contribution in [0.1, 0.15) is 37.4 Å². The molecule has 0 aromatic heterocycles. The Morgan fingerprint density at radius 2 is 1.76 bits per heavy atom. The molecule has 2 amide bonds. The minimum Gasteiger partial charge on any atom is -0.366 e. The van der Waals surface area contributed by atoms with Gasteiger partial charge in [0.15, 0.2) is 0 Å². The van der Waals surface area contributed by atoms with Crippen LogP contribution in [0.3, 0.4) is 0 Å². The molecule has 3 aromatic carbocycles. The second-order valence-corrected chi connectivity index (χ2v) is 10.4. The van der Waals surface area contributed by atoms with Crippen molar-refractivity contribution in [3.05, 3.63) is 99.6 Å². The Kier molecular flexibility index (Phi) is 7.02. The summed E-state index contributed by atoms with van der Waals surface area (Å²) in [7, 11) is -3.80. The van der Waals surface area contributed by atoms with Crippen LogP contribution >= 0.6 is 11.6 Å². The summed E-state index contributed by atoms with van der Waals surface area (Å²) in [4.78, 5) is 24.1. The molecule has 3 aromatic rings. The monoisotopic (exact) mass is 497 g/mol. The van der Waals surface area contributed by atoms with Gasteiger partial charge in [0.2, 0.25) is 15.9 Å². The van der Waals surface area contributed by atoms with Crippen molar-refractivity contribution in [1.29, 1.82) is 0 Å². The van der Waals surface area contributed by atoms with Crippen molar-refractivity contribution in [1.82, 2.24) is 9.62 Å². The zero-order valence-corrected chi connectivity index (χ0v) is 19.9. The summed E-state index contributed by atoms with van der Waals surface area (Å²) in [6, 6.07) is 18.8. The normalized spacial score (nSPS) is 13.8. The van der Waals surface area contributed by atoms with Crippen molar-refractivity contribution in [3.63, 3.8) is 0 Å². The summed E-state index contributed by atoms with van der Waals surface area (Å²) < 4.78 is 28.0. The molecular formula is C25H24ClN3O4S. The predicted octanol–water partition coefficient (Wildman–Crippen LogP) is 3.16. The lowest BCUT2D eigenvalue weighted by Gasteiger charge is -2.28. The first-order valence-electron chi connectivity index (χ1n) is 10.8. The topological polar surface area (TPSA) is 110 Å². The Bertz CT molecular complexity index is 1360. The molecule has 176 valence electrons. The highest BCUT2D eigenvalue weighted by atomic mass is 35.5. The van der Waals surface area contributed by atoms with Gasteiger partial charge in [-0.1, -0.05) is 48.0 Å².